The van der Waals surface area contributed by atoms with Crippen molar-refractivity contribution in [1.82, 2.24) is 10.2 Å². The van der Waals surface area contributed by atoms with Crippen molar-refractivity contribution in [2.75, 3.05) is 18.5 Å². The van der Waals surface area contributed by atoms with Crippen LogP contribution in [0.25, 0.3) is 0 Å². The first-order valence-electron chi connectivity index (χ1n) is 9.75. The van der Waals surface area contributed by atoms with Crippen molar-refractivity contribution in [1.29, 1.82) is 0 Å². The van der Waals surface area contributed by atoms with E-state index in [1.54, 1.807) is 18.2 Å². The molecule has 1 saturated heterocycles. The van der Waals surface area contributed by atoms with Gasteiger partial charge in [0.25, 0.3) is 11.8 Å². The number of anilines is 1. The number of hydrogen-bond donors (Lipinski definition) is 1. The van der Waals surface area contributed by atoms with E-state index in [-0.39, 0.29) is 18.0 Å². The Hall–Kier alpha value is -2.53. The number of fused-ring (bicyclic) bond motifs is 2. The molecule has 2 aliphatic heterocycles. The van der Waals surface area contributed by atoms with Crippen LogP contribution in [0.5, 0.6) is 0 Å². The van der Waals surface area contributed by atoms with Gasteiger partial charge in [-0.3, -0.25) is 9.59 Å². The number of benzene rings is 2. The van der Waals surface area contributed by atoms with Gasteiger partial charge in [0.05, 0.1) is 11.3 Å². The van der Waals surface area contributed by atoms with E-state index in [1.165, 1.54) is 0 Å². The summed E-state index contributed by atoms with van der Waals surface area (Å²) in [6.07, 6.45) is 4.37. The molecule has 0 radical (unpaired) electrons. The Bertz CT molecular complexity index is 914. The highest BCUT2D eigenvalue weighted by molar-refractivity contribution is 6.30. The molecule has 0 aliphatic carbocycles. The summed E-state index contributed by atoms with van der Waals surface area (Å²) in [7, 11) is 2.02. The first-order valence-corrected chi connectivity index (χ1v) is 10.1. The zero-order valence-corrected chi connectivity index (χ0v) is 16.7. The fourth-order valence-electron chi connectivity index (χ4n) is 4.12. The highest BCUT2D eigenvalue weighted by atomic mass is 35.5. The molecule has 2 aliphatic rings. The predicted octanol–water partition coefficient (Wildman–Crippen LogP) is 4.06. The Morgan fingerprint density at radius 1 is 1.18 bits per heavy atom. The third-order valence-corrected chi connectivity index (χ3v) is 5.88. The highest BCUT2D eigenvalue weighted by Crippen LogP contribution is 2.34. The van der Waals surface area contributed by atoms with Crippen LogP contribution < -0.4 is 10.2 Å². The van der Waals surface area contributed by atoms with Gasteiger partial charge in [-0.2, -0.15) is 0 Å². The van der Waals surface area contributed by atoms with Gasteiger partial charge in [0.1, 0.15) is 6.17 Å². The summed E-state index contributed by atoms with van der Waals surface area (Å²) in [4.78, 5) is 29.7. The van der Waals surface area contributed by atoms with Crippen LogP contribution in [0.3, 0.4) is 0 Å². The van der Waals surface area contributed by atoms with Crippen LogP contribution in [-0.2, 0) is 6.54 Å². The van der Waals surface area contributed by atoms with Crippen molar-refractivity contribution in [3.05, 3.63) is 64.2 Å². The molecule has 0 saturated carbocycles. The second kappa shape index (κ2) is 7.84. The summed E-state index contributed by atoms with van der Waals surface area (Å²) in [5.74, 6) is -0.0854. The summed E-state index contributed by atoms with van der Waals surface area (Å²) in [6.45, 7) is 1.21. The number of amides is 2. The zero-order valence-electron chi connectivity index (χ0n) is 16.0. The summed E-state index contributed by atoms with van der Waals surface area (Å²) in [5, 5.41) is 3.58. The lowest BCUT2D eigenvalue weighted by atomic mass is 10.0. The molecule has 5 nitrogen and oxygen atoms in total. The van der Waals surface area contributed by atoms with E-state index in [0.29, 0.717) is 22.7 Å². The maximum atomic E-state index is 13.0. The molecule has 28 heavy (non-hydrogen) atoms. The molecule has 1 atom stereocenters. The molecule has 6 heteroatoms. The molecule has 146 valence electrons. The average molecular weight is 398 g/mol. The monoisotopic (exact) mass is 397 g/mol. The Balaban J connectivity index is 1.55. The number of nitrogens with zero attached hydrogens (tertiary/aromatic N) is 2. The number of carbonyl (C=O) groups is 2. The lowest BCUT2D eigenvalue weighted by molar-refractivity contribution is 0.0661. The van der Waals surface area contributed by atoms with Gasteiger partial charge in [-0.25, -0.2) is 0 Å². The van der Waals surface area contributed by atoms with Gasteiger partial charge < -0.3 is 15.1 Å². The highest BCUT2D eigenvalue weighted by Gasteiger charge is 2.36. The fourth-order valence-corrected chi connectivity index (χ4v) is 4.34. The van der Waals surface area contributed by atoms with Gasteiger partial charge >= 0.3 is 0 Å². The Labute approximate surface area is 170 Å². The van der Waals surface area contributed by atoms with Crippen molar-refractivity contribution < 1.29 is 9.59 Å². The number of hydrogen-bond acceptors (Lipinski definition) is 3. The first kappa shape index (κ1) is 18.8. The summed E-state index contributed by atoms with van der Waals surface area (Å²) < 4.78 is 0. The summed E-state index contributed by atoms with van der Waals surface area (Å²) >= 11 is 6.00. The Morgan fingerprint density at radius 2 is 2.04 bits per heavy atom. The third kappa shape index (κ3) is 3.59. The molecule has 0 aromatic heterocycles. The van der Waals surface area contributed by atoms with E-state index in [4.69, 9.17) is 11.6 Å². The van der Waals surface area contributed by atoms with E-state index in [1.807, 2.05) is 36.2 Å². The van der Waals surface area contributed by atoms with E-state index in [9.17, 15) is 9.59 Å². The standard InChI is InChI=1S/C22H24ClN3O2/c1-25-19-13-16(21(27)24-14-15-6-5-7-17(23)12-15)9-10-18(19)22(28)26-11-4-2-3-8-20(25)26/h5-7,9-10,12-13,20H,2-4,8,11,14H2,1H3,(H,24,27). The maximum absolute atomic E-state index is 13.0. The van der Waals surface area contributed by atoms with Crippen molar-refractivity contribution in [3.63, 3.8) is 0 Å². The molecule has 2 aromatic carbocycles. The van der Waals surface area contributed by atoms with E-state index in [2.05, 4.69) is 10.2 Å². The number of rotatable bonds is 3. The molecule has 0 bridgehead atoms. The van der Waals surface area contributed by atoms with Crippen LogP contribution in [0.1, 0.15) is 52.0 Å². The Morgan fingerprint density at radius 3 is 2.86 bits per heavy atom. The van der Waals surface area contributed by atoms with Crippen LogP contribution in [0.15, 0.2) is 42.5 Å². The zero-order chi connectivity index (χ0) is 19.7. The minimum atomic E-state index is -0.160. The lowest BCUT2D eigenvalue weighted by Gasteiger charge is -2.43. The molecular formula is C22H24ClN3O2. The summed E-state index contributed by atoms with van der Waals surface area (Å²) in [5.41, 5.74) is 3.01. The van der Waals surface area contributed by atoms with Crippen molar-refractivity contribution in [2.45, 2.75) is 38.4 Å². The molecule has 1 N–H and O–H groups in total. The molecular weight excluding hydrogens is 374 g/mol. The maximum Gasteiger partial charge on any atom is 0.257 e. The van der Waals surface area contributed by atoms with E-state index >= 15 is 0 Å². The minimum absolute atomic E-state index is 0.0749. The second-order valence-corrected chi connectivity index (χ2v) is 7.92. The van der Waals surface area contributed by atoms with Gasteiger partial charge in [-0.15, -0.1) is 0 Å². The van der Waals surface area contributed by atoms with Crippen molar-refractivity contribution in [3.8, 4) is 0 Å². The average Bonchev–Trinajstić information content (AvgIpc) is 2.96. The van der Waals surface area contributed by atoms with E-state index < -0.39 is 0 Å². The van der Waals surface area contributed by atoms with Gasteiger partial charge in [0.15, 0.2) is 0 Å². The molecule has 2 aromatic rings. The molecule has 2 heterocycles. The Kier molecular flexibility index (Phi) is 5.27. The van der Waals surface area contributed by atoms with Crippen LogP contribution in [-0.4, -0.2) is 36.5 Å². The second-order valence-electron chi connectivity index (χ2n) is 7.48. The van der Waals surface area contributed by atoms with Crippen molar-refractivity contribution in [2.24, 2.45) is 0 Å². The smallest absolute Gasteiger partial charge is 0.257 e. The van der Waals surface area contributed by atoms with Gasteiger partial charge in [-0.05, 0) is 55.2 Å². The normalized spacial score (nSPS) is 18.9. The van der Waals surface area contributed by atoms with Crippen LogP contribution in [0.2, 0.25) is 5.02 Å². The molecule has 4 rings (SSSR count). The number of nitrogens with one attached hydrogen (secondary N) is 1. The quantitative estimate of drug-likeness (QED) is 0.849. The van der Waals surface area contributed by atoms with Crippen LogP contribution >= 0.6 is 11.6 Å². The molecule has 1 unspecified atom stereocenters. The predicted molar refractivity (Wildman–Crippen MR) is 111 cm³/mol. The fraction of sp³-hybridized carbons (Fsp3) is 0.364. The molecule has 2 amide bonds. The van der Waals surface area contributed by atoms with Gasteiger partial charge in [-0.1, -0.05) is 30.2 Å². The third-order valence-electron chi connectivity index (χ3n) is 5.64. The molecule has 0 spiro atoms. The summed E-state index contributed by atoms with van der Waals surface area (Å²) in [6, 6.07) is 12.8. The SMILES string of the molecule is CN1c2cc(C(=O)NCc3cccc(Cl)c3)ccc2C(=O)N2CCCCCC21. The topological polar surface area (TPSA) is 52.7 Å². The lowest BCUT2D eigenvalue weighted by Crippen LogP contribution is -2.53. The molecule has 1 fully saturated rings. The minimum Gasteiger partial charge on any atom is -0.354 e. The van der Waals surface area contributed by atoms with Crippen molar-refractivity contribution >= 4 is 29.1 Å². The van der Waals surface area contributed by atoms with Gasteiger partial charge in [0.2, 0.25) is 0 Å². The van der Waals surface area contributed by atoms with Crippen LogP contribution in [0, 0.1) is 0 Å². The van der Waals surface area contributed by atoms with Gasteiger partial charge in [0, 0.05) is 30.7 Å². The van der Waals surface area contributed by atoms with E-state index in [0.717, 1.165) is 43.5 Å². The largest absolute Gasteiger partial charge is 0.354 e. The number of halogens is 1. The number of carbonyl (C=O) groups excluding carboxylic acids is 2. The van der Waals surface area contributed by atoms with Crippen LogP contribution in [0.4, 0.5) is 5.69 Å². The first-order chi connectivity index (χ1) is 13.5.